The summed E-state index contributed by atoms with van der Waals surface area (Å²) in [6.45, 7) is 8.08. The molecule has 0 aliphatic carbocycles. The summed E-state index contributed by atoms with van der Waals surface area (Å²) in [5.41, 5.74) is 6.78. The lowest BCUT2D eigenvalue weighted by atomic mass is 9.94. The molecule has 2 aromatic heterocycles. The van der Waals surface area contributed by atoms with Crippen LogP contribution in [0.5, 0.6) is 0 Å². The highest BCUT2D eigenvalue weighted by Gasteiger charge is 2.29. The topological polar surface area (TPSA) is 51.0 Å². The molecule has 6 rings (SSSR count). The standard InChI is InChI=1S/C31H32FN3O.C7H8FN/c1-3-4-12-26-22(2)9-7-13-27(26)31(36)34-18-16-24(17-19-34)30-33-28-14-5-6-15-29(28)35(30)21-23-10-8-11-25(32)20-23;1-2-6-3-7(8)5-9-4-6/h4-15,20,24H,3,16-19,21H2,1-2H3;3-5H,2H2,1H3/b12-4-;. The van der Waals surface area contributed by atoms with Crippen LogP contribution in [0.4, 0.5) is 8.78 Å². The zero-order valence-electron chi connectivity index (χ0n) is 26.2. The maximum Gasteiger partial charge on any atom is 0.254 e. The van der Waals surface area contributed by atoms with Crippen molar-refractivity contribution in [3.05, 3.63) is 137 Å². The summed E-state index contributed by atoms with van der Waals surface area (Å²) in [4.78, 5) is 24.2. The van der Waals surface area contributed by atoms with Crippen molar-refractivity contribution >= 4 is 23.0 Å². The Labute approximate surface area is 264 Å². The third-order valence-electron chi connectivity index (χ3n) is 8.31. The second-order valence-electron chi connectivity index (χ2n) is 11.5. The maximum absolute atomic E-state index is 13.9. The van der Waals surface area contributed by atoms with Crippen LogP contribution in [-0.4, -0.2) is 38.4 Å². The molecule has 45 heavy (non-hydrogen) atoms. The van der Waals surface area contributed by atoms with Gasteiger partial charge in [0.25, 0.3) is 5.91 Å². The van der Waals surface area contributed by atoms with Gasteiger partial charge in [0.15, 0.2) is 0 Å². The second-order valence-corrected chi connectivity index (χ2v) is 11.5. The smallest absolute Gasteiger partial charge is 0.254 e. The largest absolute Gasteiger partial charge is 0.339 e. The number of amides is 1. The van der Waals surface area contributed by atoms with Crippen LogP contribution in [0, 0.1) is 18.6 Å². The number of piperidine rings is 1. The minimum atomic E-state index is -0.255. The molecule has 5 aromatic rings. The molecule has 1 aliphatic rings. The molecule has 1 fully saturated rings. The number of fused-ring (bicyclic) bond motifs is 1. The molecule has 7 heteroatoms. The van der Waals surface area contributed by atoms with Crippen molar-refractivity contribution in [3.8, 4) is 0 Å². The molecule has 1 aliphatic heterocycles. The van der Waals surface area contributed by atoms with Crippen molar-refractivity contribution in [3.63, 3.8) is 0 Å². The average molecular weight is 607 g/mol. The van der Waals surface area contributed by atoms with Crippen LogP contribution < -0.4 is 0 Å². The van der Waals surface area contributed by atoms with E-state index < -0.39 is 0 Å². The van der Waals surface area contributed by atoms with E-state index in [1.165, 1.54) is 18.3 Å². The van der Waals surface area contributed by atoms with Gasteiger partial charge in [0.05, 0.1) is 17.2 Å². The van der Waals surface area contributed by atoms with Crippen LogP contribution in [0.15, 0.2) is 91.3 Å². The van der Waals surface area contributed by atoms with Crippen molar-refractivity contribution in [1.82, 2.24) is 19.4 Å². The molecule has 232 valence electrons. The normalized spacial score (nSPS) is 13.7. The SMILES string of the molecule is CC/C=C\c1c(C)cccc1C(=O)N1CCC(c2nc3ccccc3n2Cc2cccc(F)c2)CC1.CCc1cncc(F)c1. The molecule has 0 bridgehead atoms. The molecule has 1 amide bonds. The quantitative estimate of drug-likeness (QED) is 0.186. The van der Waals surface area contributed by atoms with Gasteiger partial charge in [0.2, 0.25) is 0 Å². The summed E-state index contributed by atoms with van der Waals surface area (Å²) in [5.74, 6) is 0.881. The zero-order chi connectivity index (χ0) is 31.8. The van der Waals surface area contributed by atoms with Crippen LogP contribution in [0.25, 0.3) is 17.1 Å². The van der Waals surface area contributed by atoms with E-state index >= 15 is 0 Å². The zero-order valence-corrected chi connectivity index (χ0v) is 26.2. The number of benzene rings is 3. The van der Waals surface area contributed by atoms with Gasteiger partial charge in [0, 0.05) is 37.3 Å². The van der Waals surface area contributed by atoms with Gasteiger partial charge in [-0.15, -0.1) is 0 Å². The van der Waals surface area contributed by atoms with E-state index in [1.54, 1.807) is 18.3 Å². The monoisotopic (exact) mass is 606 g/mol. The van der Waals surface area contributed by atoms with E-state index in [0.29, 0.717) is 19.6 Å². The molecule has 0 radical (unpaired) electrons. The van der Waals surface area contributed by atoms with E-state index in [0.717, 1.165) is 70.4 Å². The third kappa shape index (κ3) is 7.72. The molecule has 0 atom stereocenters. The number of pyridine rings is 1. The number of aryl methyl sites for hydroxylation is 2. The molecular formula is C38H40F2N4O. The van der Waals surface area contributed by atoms with E-state index in [4.69, 9.17) is 4.98 Å². The number of halogens is 2. The molecule has 0 spiro atoms. The molecule has 1 saturated heterocycles. The molecule has 5 nitrogen and oxygen atoms in total. The van der Waals surface area contributed by atoms with Crippen molar-refractivity contribution in [2.24, 2.45) is 0 Å². The lowest BCUT2D eigenvalue weighted by Gasteiger charge is -2.32. The fraction of sp³-hybridized carbons (Fsp3) is 0.289. The number of rotatable bonds is 7. The van der Waals surface area contributed by atoms with Crippen molar-refractivity contribution in [2.45, 2.75) is 58.9 Å². The molecule has 3 aromatic carbocycles. The third-order valence-corrected chi connectivity index (χ3v) is 8.31. The Morgan fingerprint density at radius 2 is 1.67 bits per heavy atom. The van der Waals surface area contributed by atoms with Crippen LogP contribution in [0.3, 0.4) is 0 Å². The second kappa shape index (κ2) is 14.9. The molecule has 0 unspecified atom stereocenters. The Hall–Kier alpha value is -4.65. The Morgan fingerprint density at radius 3 is 2.38 bits per heavy atom. The molecule has 0 saturated carbocycles. The fourth-order valence-corrected chi connectivity index (χ4v) is 5.87. The number of carbonyl (C=O) groups is 1. The Bertz CT molecular complexity index is 1790. The number of hydrogen-bond acceptors (Lipinski definition) is 3. The highest BCUT2D eigenvalue weighted by atomic mass is 19.1. The number of hydrogen-bond donors (Lipinski definition) is 0. The van der Waals surface area contributed by atoms with Crippen LogP contribution in [0.2, 0.25) is 0 Å². The molecule has 3 heterocycles. The van der Waals surface area contributed by atoms with E-state index in [2.05, 4.69) is 47.7 Å². The molecular weight excluding hydrogens is 566 g/mol. The van der Waals surface area contributed by atoms with Gasteiger partial charge >= 0.3 is 0 Å². The van der Waals surface area contributed by atoms with Crippen molar-refractivity contribution in [2.75, 3.05) is 13.1 Å². The average Bonchev–Trinajstić information content (AvgIpc) is 3.42. The first-order valence-electron chi connectivity index (χ1n) is 15.7. The fourth-order valence-electron chi connectivity index (χ4n) is 5.87. The van der Waals surface area contributed by atoms with E-state index in [9.17, 15) is 13.6 Å². The summed E-state index contributed by atoms with van der Waals surface area (Å²) in [5, 5.41) is 0. The van der Waals surface area contributed by atoms with E-state index in [1.807, 2.05) is 48.2 Å². The summed E-state index contributed by atoms with van der Waals surface area (Å²) in [6, 6.07) is 22.3. The Morgan fingerprint density at radius 1 is 0.911 bits per heavy atom. The van der Waals surface area contributed by atoms with Crippen molar-refractivity contribution in [1.29, 1.82) is 0 Å². The first-order chi connectivity index (χ1) is 21.9. The number of likely N-dealkylation sites (tertiary alicyclic amines) is 1. The first kappa shape index (κ1) is 31.8. The lowest BCUT2D eigenvalue weighted by molar-refractivity contribution is 0.0710. The highest BCUT2D eigenvalue weighted by molar-refractivity contribution is 5.98. The molecule has 0 N–H and O–H groups in total. The van der Waals surface area contributed by atoms with Gasteiger partial charge < -0.3 is 9.47 Å². The first-order valence-corrected chi connectivity index (χ1v) is 15.7. The number of aromatic nitrogens is 3. The highest BCUT2D eigenvalue weighted by Crippen LogP contribution is 2.32. The number of carbonyl (C=O) groups excluding carboxylic acids is 1. The number of para-hydroxylation sites is 2. The van der Waals surface area contributed by atoms with Gasteiger partial charge in [0.1, 0.15) is 17.5 Å². The summed E-state index contributed by atoms with van der Waals surface area (Å²) in [7, 11) is 0. The predicted octanol–water partition coefficient (Wildman–Crippen LogP) is 8.76. The maximum atomic E-state index is 13.9. The summed E-state index contributed by atoms with van der Waals surface area (Å²) >= 11 is 0. The number of allylic oxidation sites excluding steroid dienone is 1. The Balaban J connectivity index is 0.000000383. The van der Waals surface area contributed by atoms with Crippen LogP contribution in [0.1, 0.15) is 77.5 Å². The van der Waals surface area contributed by atoms with E-state index in [-0.39, 0.29) is 23.5 Å². The minimum Gasteiger partial charge on any atom is -0.339 e. The van der Waals surface area contributed by atoms with Crippen LogP contribution >= 0.6 is 0 Å². The number of nitrogens with zero attached hydrogens (tertiary/aromatic N) is 4. The summed E-state index contributed by atoms with van der Waals surface area (Å²) < 4.78 is 28.4. The minimum absolute atomic E-state index is 0.0983. The van der Waals surface area contributed by atoms with Gasteiger partial charge in [-0.05, 0) is 91.3 Å². The lowest BCUT2D eigenvalue weighted by Crippen LogP contribution is -2.38. The van der Waals surface area contributed by atoms with Gasteiger partial charge in [-0.25, -0.2) is 13.8 Å². The number of imidazole rings is 1. The predicted molar refractivity (Wildman–Crippen MR) is 177 cm³/mol. The van der Waals surface area contributed by atoms with Gasteiger partial charge in [-0.3, -0.25) is 9.78 Å². The summed E-state index contributed by atoms with van der Waals surface area (Å²) in [6.07, 6.45) is 10.5. The van der Waals surface area contributed by atoms with Gasteiger partial charge in [-0.2, -0.15) is 0 Å². The Kier molecular flexibility index (Phi) is 10.5. The van der Waals surface area contributed by atoms with Crippen LogP contribution in [-0.2, 0) is 13.0 Å². The van der Waals surface area contributed by atoms with Crippen molar-refractivity contribution < 1.29 is 13.6 Å². The van der Waals surface area contributed by atoms with Gasteiger partial charge in [-0.1, -0.05) is 62.4 Å².